The van der Waals surface area contributed by atoms with Crippen LogP contribution in [0.3, 0.4) is 0 Å². The number of hydrogen-bond acceptors (Lipinski definition) is 5. The van der Waals surface area contributed by atoms with E-state index >= 15 is 0 Å². The molecular weight excluding hydrogens is 459 g/mol. The predicted octanol–water partition coefficient (Wildman–Crippen LogP) is 5.71. The Hall–Kier alpha value is -2.51. The minimum atomic E-state index is -0.329. The summed E-state index contributed by atoms with van der Waals surface area (Å²) in [4.78, 5) is 27.3. The van der Waals surface area contributed by atoms with E-state index in [1.807, 2.05) is 29.3 Å². The van der Waals surface area contributed by atoms with Crippen molar-refractivity contribution < 1.29 is 9.18 Å². The fourth-order valence-corrected chi connectivity index (χ4v) is 4.95. The lowest BCUT2D eigenvalue weighted by molar-refractivity contribution is 0.0751. The molecule has 4 rings (SSSR count). The van der Waals surface area contributed by atoms with Gasteiger partial charge in [0.15, 0.2) is 0 Å². The predicted molar refractivity (Wildman–Crippen MR) is 132 cm³/mol. The van der Waals surface area contributed by atoms with Crippen LogP contribution in [0.1, 0.15) is 58.5 Å². The molecule has 1 aliphatic heterocycles. The zero-order valence-corrected chi connectivity index (χ0v) is 20.7. The Morgan fingerprint density at radius 3 is 2.55 bits per heavy atom. The molecule has 33 heavy (non-hydrogen) atoms. The molecule has 1 aromatic carbocycles. The third-order valence-electron chi connectivity index (χ3n) is 6.28. The Bertz CT molecular complexity index is 1110. The molecule has 0 saturated carbocycles. The van der Waals surface area contributed by atoms with E-state index in [0.29, 0.717) is 43.2 Å². The maximum atomic E-state index is 14.6. The van der Waals surface area contributed by atoms with Crippen LogP contribution in [0.4, 0.5) is 10.2 Å². The van der Waals surface area contributed by atoms with Gasteiger partial charge in [0.05, 0.1) is 4.88 Å². The monoisotopic (exact) mass is 486 g/mol. The third-order valence-corrected chi connectivity index (χ3v) is 7.49. The van der Waals surface area contributed by atoms with Gasteiger partial charge in [0, 0.05) is 60.4 Å². The molecule has 0 radical (unpaired) electrons. The summed E-state index contributed by atoms with van der Waals surface area (Å²) in [6, 6.07) is 8.51. The number of rotatable bonds is 6. The maximum absolute atomic E-state index is 14.6. The third kappa shape index (κ3) is 5.04. The van der Waals surface area contributed by atoms with Gasteiger partial charge in [-0.05, 0) is 36.9 Å². The van der Waals surface area contributed by atoms with Crippen LogP contribution in [0.5, 0.6) is 0 Å². The summed E-state index contributed by atoms with van der Waals surface area (Å²) in [7, 11) is 0. The molecule has 1 saturated heterocycles. The van der Waals surface area contributed by atoms with Crippen LogP contribution in [0.25, 0.3) is 0 Å². The standard InChI is InChI=1S/C25H28ClFN4OS/c1-4-16(2)23-28-17(3)18(15-19-20(26)7-5-8-21(19)27)24(29-23)30-10-12-31(13-11-30)25(32)22-9-6-14-33-22/h5-9,14,16H,4,10-13,15H2,1-3H3/t16-/m0/s1. The molecular formula is C25H28ClFN4OS. The molecule has 0 N–H and O–H groups in total. The minimum absolute atomic E-state index is 0.0715. The van der Waals surface area contributed by atoms with E-state index in [4.69, 9.17) is 21.6 Å². The first-order chi connectivity index (χ1) is 15.9. The van der Waals surface area contributed by atoms with E-state index in [0.717, 1.165) is 34.2 Å². The van der Waals surface area contributed by atoms with Gasteiger partial charge < -0.3 is 9.80 Å². The van der Waals surface area contributed by atoms with E-state index in [-0.39, 0.29) is 17.6 Å². The highest BCUT2D eigenvalue weighted by Crippen LogP contribution is 2.31. The van der Waals surface area contributed by atoms with Gasteiger partial charge in [-0.1, -0.05) is 37.6 Å². The number of hydrogen-bond donors (Lipinski definition) is 0. The zero-order valence-electron chi connectivity index (χ0n) is 19.1. The second-order valence-corrected chi connectivity index (χ2v) is 9.77. The Balaban J connectivity index is 1.64. The number of amides is 1. The first kappa shape index (κ1) is 23.6. The van der Waals surface area contributed by atoms with Gasteiger partial charge in [0.2, 0.25) is 0 Å². The molecule has 2 aromatic heterocycles. The van der Waals surface area contributed by atoms with E-state index in [9.17, 15) is 9.18 Å². The molecule has 8 heteroatoms. The summed E-state index contributed by atoms with van der Waals surface area (Å²) >= 11 is 7.80. The molecule has 3 heterocycles. The second kappa shape index (κ2) is 10.2. The summed E-state index contributed by atoms with van der Waals surface area (Å²) in [6.45, 7) is 8.72. The van der Waals surface area contributed by atoms with Crippen molar-refractivity contribution in [2.24, 2.45) is 0 Å². The number of nitrogens with zero attached hydrogens (tertiary/aromatic N) is 4. The number of carbonyl (C=O) groups excluding carboxylic acids is 1. The molecule has 5 nitrogen and oxygen atoms in total. The number of thiophene rings is 1. The van der Waals surface area contributed by atoms with Crippen molar-refractivity contribution in [3.8, 4) is 0 Å². The molecule has 3 aromatic rings. The van der Waals surface area contributed by atoms with Gasteiger partial charge in [-0.25, -0.2) is 14.4 Å². The molecule has 0 bridgehead atoms. The van der Waals surface area contributed by atoms with Crippen molar-refractivity contribution in [1.29, 1.82) is 0 Å². The van der Waals surface area contributed by atoms with Crippen LogP contribution < -0.4 is 4.90 Å². The highest BCUT2D eigenvalue weighted by molar-refractivity contribution is 7.12. The van der Waals surface area contributed by atoms with Gasteiger partial charge in [-0.2, -0.15) is 0 Å². The van der Waals surface area contributed by atoms with Gasteiger partial charge in [-0.15, -0.1) is 11.3 Å². The normalized spacial score (nSPS) is 15.1. The lowest BCUT2D eigenvalue weighted by atomic mass is 10.0. The average molecular weight is 487 g/mol. The van der Waals surface area contributed by atoms with Crippen LogP contribution in [-0.4, -0.2) is 47.0 Å². The zero-order chi connectivity index (χ0) is 23.5. The number of aryl methyl sites for hydroxylation is 1. The number of piperazine rings is 1. The number of anilines is 1. The van der Waals surface area contributed by atoms with Crippen LogP contribution in [-0.2, 0) is 6.42 Å². The molecule has 0 unspecified atom stereocenters. The quantitative estimate of drug-likeness (QED) is 0.448. The molecule has 174 valence electrons. The summed E-state index contributed by atoms with van der Waals surface area (Å²) in [5.74, 6) is 1.58. The topological polar surface area (TPSA) is 49.3 Å². The Morgan fingerprint density at radius 1 is 1.15 bits per heavy atom. The number of carbonyl (C=O) groups is 1. The fourth-order valence-electron chi connectivity index (χ4n) is 4.03. The fraction of sp³-hybridized carbons (Fsp3) is 0.400. The van der Waals surface area contributed by atoms with E-state index in [1.165, 1.54) is 17.4 Å². The number of aromatic nitrogens is 2. The first-order valence-electron chi connectivity index (χ1n) is 11.3. The van der Waals surface area contributed by atoms with Crippen molar-refractivity contribution in [3.63, 3.8) is 0 Å². The lowest BCUT2D eigenvalue weighted by Gasteiger charge is -2.36. The highest BCUT2D eigenvalue weighted by Gasteiger charge is 2.27. The van der Waals surface area contributed by atoms with Crippen LogP contribution in [0, 0.1) is 12.7 Å². The Morgan fingerprint density at radius 2 is 1.91 bits per heavy atom. The van der Waals surface area contributed by atoms with Crippen LogP contribution in [0.2, 0.25) is 5.02 Å². The molecule has 1 aliphatic rings. The molecule has 1 fully saturated rings. The van der Waals surface area contributed by atoms with Crippen LogP contribution >= 0.6 is 22.9 Å². The first-order valence-corrected chi connectivity index (χ1v) is 12.5. The maximum Gasteiger partial charge on any atom is 0.264 e. The number of benzene rings is 1. The molecule has 1 atom stereocenters. The SMILES string of the molecule is CC[C@H](C)c1nc(C)c(Cc2c(F)cccc2Cl)c(N2CCN(C(=O)c3cccs3)CC2)n1. The van der Waals surface area contributed by atoms with Crippen molar-refractivity contribution in [2.45, 2.75) is 39.5 Å². The largest absolute Gasteiger partial charge is 0.353 e. The van der Waals surface area contributed by atoms with Gasteiger partial charge in [0.25, 0.3) is 5.91 Å². The number of halogens is 2. The van der Waals surface area contributed by atoms with Crippen molar-refractivity contribution in [1.82, 2.24) is 14.9 Å². The van der Waals surface area contributed by atoms with Crippen molar-refractivity contribution >= 4 is 34.7 Å². The van der Waals surface area contributed by atoms with E-state index < -0.39 is 0 Å². The summed E-state index contributed by atoms with van der Waals surface area (Å²) in [5, 5.41) is 2.32. The lowest BCUT2D eigenvalue weighted by Crippen LogP contribution is -2.49. The van der Waals surface area contributed by atoms with Gasteiger partial charge in [-0.3, -0.25) is 4.79 Å². The highest BCUT2D eigenvalue weighted by atomic mass is 35.5. The summed E-state index contributed by atoms with van der Waals surface area (Å²) in [6.07, 6.45) is 1.25. The van der Waals surface area contributed by atoms with Gasteiger partial charge >= 0.3 is 0 Å². The average Bonchev–Trinajstić information content (AvgIpc) is 3.36. The van der Waals surface area contributed by atoms with E-state index in [2.05, 4.69) is 18.7 Å². The van der Waals surface area contributed by atoms with Crippen LogP contribution in [0.15, 0.2) is 35.7 Å². The van der Waals surface area contributed by atoms with Crippen molar-refractivity contribution in [2.75, 3.05) is 31.1 Å². The summed E-state index contributed by atoms with van der Waals surface area (Å²) in [5.41, 5.74) is 2.17. The van der Waals surface area contributed by atoms with E-state index in [1.54, 1.807) is 12.1 Å². The summed E-state index contributed by atoms with van der Waals surface area (Å²) < 4.78 is 14.6. The smallest absolute Gasteiger partial charge is 0.264 e. The molecule has 0 spiro atoms. The minimum Gasteiger partial charge on any atom is -0.353 e. The molecule has 1 amide bonds. The van der Waals surface area contributed by atoms with Gasteiger partial charge in [0.1, 0.15) is 17.5 Å². The Kier molecular flexibility index (Phi) is 7.29. The molecule has 0 aliphatic carbocycles. The van der Waals surface area contributed by atoms with Crippen molar-refractivity contribution in [3.05, 3.63) is 74.1 Å². The Labute approximate surface area is 203 Å². The second-order valence-electron chi connectivity index (χ2n) is 8.41.